The smallest absolute Gasteiger partial charge is 0.439 e. The summed E-state index contributed by atoms with van der Waals surface area (Å²) in [6.45, 7) is 2.83. The van der Waals surface area contributed by atoms with Crippen LogP contribution in [0, 0.1) is 0 Å². The summed E-state index contributed by atoms with van der Waals surface area (Å²) >= 11 is 11.9. The summed E-state index contributed by atoms with van der Waals surface area (Å²) in [7, 11) is 1.82. The molecule has 0 bridgehead atoms. The van der Waals surface area contributed by atoms with Gasteiger partial charge in [-0.3, -0.25) is 14.5 Å². The van der Waals surface area contributed by atoms with Gasteiger partial charge in [-0.05, 0) is 60.2 Å². The zero-order valence-corrected chi connectivity index (χ0v) is 26.9. The van der Waals surface area contributed by atoms with Gasteiger partial charge >= 0.3 is 6.36 Å². The number of nitrogens with one attached hydrogen (secondary N) is 1. The molecule has 1 fully saturated rings. The van der Waals surface area contributed by atoms with Crippen molar-refractivity contribution < 1.29 is 32.2 Å². The van der Waals surface area contributed by atoms with E-state index >= 15 is 0 Å². The van der Waals surface area contributed by atoms with Crippen molar-refractivity contribution in [2.75, 3.05) is 31.5 Å². The van der Waals surface area contributed by atoms with E-state index in [-0.39, 0.29) is 22.6 Å². The number of fused-ring (bicyclic) bond motifs is 1. The van der Waals surface area contributed by atoms with Gasteiger partial charge in [-0.25, -0.2) is 4.98 Å². The van der Waals surface area contributed by atoms with E-state index in [1.807, 2.05) is 29.8 Å². The average Bonchev–Trinajstić information content (AvgIpc) is 3.39. The van der Waals surface area contributed by atoms with E-state index in [9.17, 15) is 22.8 Å². The zero-order valence-electron chi connectivity index (χ0n) is 25.4. The number of hydrogen-bond acceptors (Lipinski definition) is 6. The first-order valence-corrected chi connectivity index (χ1v) is 15.5. The summed E-state index contributed by atoms with van der Waals surface area (Å²) in [6, 6.07) is 21.1. The molecule has 3 heterocycles. The molecular weight excluding hydrogens is 670 g/mol. The van der Waals surface area contributed by atoms with Crippen LogP contribution in [0.25, 0.3) is 10.9 Å². The van der Waals surface area contributed by atoms with Gasteiger partial charge in [-0.1, -0.05) is 35.3 Å². The van der Waals surface area contributed by atoms with Gasteiger partial charge in [-0.15, -0.1) is 13.2 Å². The molecule has 48 heavy (non-hydrogen) atoms. The number of benzene rings is 3. The Labute approximate surface area is 283 Å². The molecule has 2 amide bonds. The Kier molecular flexibility index (Phi) is 9.49. The number of piperazine rings is 1. The van der Waals surface area contributed by atoms with E-state index < -0.39 is 6.36 Å². The minimum Gasteiger partial charge on any atom is -0.439 e. The Morgan fingerprint density at radius 1 is 0.875 bits per heavy atom. The van der Waals surface area contributed by atoms with Crippen molar-refractivity contribution in [2.45, 2.75) is 12.9 Å². The second kappa shape index (κ2) is 13.8. The molecule has 0 saturated carbocycles. The standard InChI is InChI=1S/C34H28Cl2F3N5O4/c1-42-29-18-26(47-31-11-6-24(19-40-31)41-32(45)23-5-10-27(35)28(36)16-23)9-4-22(29)17-30(42)33(46)44-14-12-43(13-15-44)20-21-2-7-25(8-3-21)48-34(37,38)39/h2-11,16-19H,12-15,20H2,1H3,(H,41,45). The van der Waals surface area contributed by atoms with Crippen molar-refractivity contribution >= 4 is 51.6 Å². The molecule has 9 nitrogen and oxygen atoms in total. The summed E-state index contributed by atoms with van der Waals surface area (Å²) < 4.78 is 49.0. The number of pyridine rings is 1. The number of carbonyl (C=O) groups is 2. The third-order valence-corrected chi connectivity index (χ3v) is 8.60. The van der Waals surface area contributed by atoms with Gasteiger partial charge < -0.3 is 24.3 Å². The van der Waals surface area contributed by atoms with Gasteiger partial charge in [0, 0.05) is 62.9 Å². The minimum absolute atomic E-state index is 0.0929. The number of rotatable bonds is 8. The molecule has 0 unspecified atom stereocenters. The van der Waals surface area contributed by atoms with E-state index in [4.69, 9.17) is 27.9 Å². The average molecular weight is 699 g/mol. The highest BCUT2D eigenvalue weighted by Gasteiger charge is 2.31. The van der Waals surface area contributed by atoms with Gasteiger partial charge in [0.1, 0.15) is 17.2 Å². The topological polar surface area (TPSA) is 88.9 Å². The lowest BCUT2D eigenvalue weighted by Gasteiger charge is -2.34. The highest BCUT2D eigenvalue weighted by Crippen LogP contribution is 2.29. The molecule has 2 aromatic heterocycles. The SMILES string of the molecule is Cn1c(C(=O)N2CCN(Cc3ccc(OC(F)(F)F)cc3)CC2)cc2ccc(Oc3ccc(NC(=O)c4ccc(Cl)c(Cl)c4)cn3)cc21. The monoisotopic (exact) mass is 697 g/mol. The first-order chi connectivity index (χ1) is 22.9. The van der Waals surface area contributed by atoms with Crippen LogP contribution < -0.4 is 14.8 Å². The Morgan fingerprint density at radius 2 is 1.60 bits per heavy atom. The number of aromatic nitrogens is 2. The first kappa shape index (κ1) is 33.1. The molecule has 14 heteroatoms. The largest absolute Gasteiger partial charge is 0.573 e. The molecule has 1 aliphatic heterocycles. The number of halogens is 5. The zero-order chi connectivity index (χ0) is 34.0. The molecule has 0 radical (unpaired) electrons. The fourth-order valence-corrected chi connectivity index (χ4v) is 5.68. The number of carbonyl (C=O) groups excluding carboxylic acids is 2. The predicted octanol–water partition coefficient (Wildman–Crippen LogP) is 7.78. The van der Waals surface area contributed by atoms with E-state index in [0.717, 1.165) is 16.5 Å². The molecular formula is C34H28Cl2F3N5O4. The second-order valence-corrected chi connectivity index (χ2v) is 12.0. The van der Waals surface area contributed by atoms with Crippen LogP contribution >= 0.6 is 23.2 Å². The number of hydrogen-bond donors (Lipinski definition) is 1. The van der Waals surface area contributed by atoms with Gasteiger partial charge in [0.25, 0.3) is 11.8 Å². The molecule has 0 spiro atoms. The fraction of sp³-hybridized carbons (Fsp3) is 0.206. The number of alkyl halides is 3. The molecule has 0 aliphatic carbocycles. The molecule has 1 saturated heterocycles. The second-order valence-electron chi connectivity index (χ2n) is 11.1. The lowest BCUT2D eigenvalue weighted by molar-refractivity contribution is -0.274. The summed E-state index contributed by atoms with van der Waals surface area (Å²) in [6.07, 6.45) is -3.25. The molecule has 0 atom stereocenters. The van der Waals surface area contributed by atoms with Crippen LogP contribution in [0.15, 0.2) is 85.1 Å². The summed E-state index contributed by atoms with van der Waals surface area (Å²) in [5.74, 6) is 0.123. The number of ether oxygens (including phenoxy) is 2. The molecule has 248 valence electrons. The molecule has 6 rings (SSSR count). The van der Waals surface area contributed by atoms with Gasteiger partial charge in [0.15, 0.2) is 0 Å². The van der Waals surface area contributed by atoms with E-state index in [2.05, 4.69) is 19.9 Å². The lowest BCUT2D eigenvalue weighted by atomic mass is 10.2. The van der Waals surface area contributed by atoms with Crippen molar-refractivity contribution in [3.8, 4) is 17.4 Å². The van der Waals surface area contributed by atoms with Crippen LogP contribution in [-0.4, -0.2) is 63.7 Å². The molecule has 5 aromatic rings. The van der Waals surface area contributed by atoms with Crippen LogP contribution in [0.4, 0.5) is 18.9 Å². The highest BCUT2D eigenvalue weighted by molar-refractivity contribution is 6.42. The third kappa shape index (κ3) is 7.84. The Balaban J connectivity index is 1.04. The van der Waals surface area contributed by atoms with Crippen molar-refractivity contribution in [3.63, 3.8) is 0 Å². The van der Waals surface area contributed by atoms with Gasteiger partial charge in [0.2, 0.25) is 5.88 Å². The first-order valence-electron chi connectivity index (χ1n) is 14.8. The maximum Gasteiger partial charge on any atom is 0.573 e. The number of anilines is 1. The van der Waals surface area contributed by atoms with E-state index in [0.29, 0.717) is 66.3 Å². The van der Waals surface area contributed by atoms with Crippen LogP contribution in [0.1, 0.15) is 26.4 Å². The van der Waals surface area contributed by atoms with Crippen LogP contribution in [0.3, 0.4) is 0 Å². The Morgan fingerprint density at radius 3 is 2.27 bits per heavy atom. The third-order valence-electron chi connectivity index (χ3n) is 7.86. The van der Waals surface area contributed by atoms with Crippen molar-refractivity contribution in [2.24, 2.45) is 7.05 Å². The Hall–Kier alpha value is -4.78. The van der Waals surface area contributed by atoms with Gasteiger partial charge in [0.05, 0.1) is 27.4 Å². The van der Waals surface area contributed by atoms with Crippen LogP contribution in [-0.2, 0) is 13.6 Å². The van der Waals surface area contributed by atoms with Crippen LogP contribution in [0.5, 0.6) is 17.4 Å². The fourth-order valence-electron chi connectivity index (χ4n) is 5.38. The van der Waals surface area contributed by atoms with Crippen molar-refractivity contribution in [3.05, 3.63) is 112 Å². The van der Waals surface area contributed by atoms with Crippen molar-refractivity contribution in [1.29, 1.82) is 0 Å². The number of aryl methyl sites for hydroxylation is 1. The Bertz CT molecular complexity index is 1960. The summed E-state index contributed by atoms with van der Waals surface area (Å²) in [4.78, 5) is 34.3. The van der Waals surface area contributed by atoms with Gasteiger partial charge in [-0.2, -0.15) is 0 Å². The minimum atomic E-state index is -4.73. The molecule has 1 aliphatic rings. The molecule has 1 N–H and O–H groups in total. The van der Waals surface area contributed by atoms with Crippen LogP contribution in [0.2, 0.25) is 10.0 Å². The van der Waals surface area contributed by atoms with E-state index in [1.165, 1.54) is 24.4 Å². The molecule has 3 aromatic carbocycles. The maximum atomic E-state index is 13.5. The summed E-state index contributed by atoms with van der Waals surface area (Å²) in [5, 5.41) is 4.26. The van der Waals surface area contributed by atoms with E-state index in [1.54, 1.807) is 47.4 Å². The summed E-state index contributed by atoms with van der Waals surface area (Å²) in [5.41, 5.74) is 3.02. The highest BCUT2D eigenvalue weighted by atomic mass is 35.5. The number of amides is 2. The quantitative estimate of drug-likeness (QED) is 0.178. The van der Waals surface area contributed by atoms with Crippen molar-refractivity contribution in [1.82, 2.24) is 19.4 Å². The maximum absolute atomic E-state index is 13.5. The lowest BCUT2D eigenvalue weighted by Crippen LogP contribution is -2.48. The normalized spacial score (nSPS) is 13.8. The number of nitrogens with zero attached hydrogens (tertiary/aromatic N) is 4. The predicted molar refractivity (Wildman–Crippen MR) is 176 cm³/mol.